The molecule has 0 unspecified atom stereocenters. The van der Waals surface area contributed by atoms with Crippen molar-refractivity contribution in [2.45, 2.75) is 19.0 Å². The molecule has 1 heterocycles. The van der Waals surface area contributed by atoms with E-state index in [4.69, 9.17) is 11.6 Å². The van der Waals surface area contributed by atoms with Gasteiger partial charge >= 0.3 is 0 Å². The minimum atomic E-state index is -0.501. The quantitative estimate of drug-likeness (QED) is 0.895. The van der Waals surface area contributed by atoms with E-state index in [0.717, 1.165) is 0 Å². The fraction of sp³-hybridized carbons (Fsp3) is 0.188. The lowest BCUT2D eigenvalue weighted by Crippen LogP contribution is -2.44. The summed E-state index contributed by atoms with van der Waals surface area (Å²) in [4.78, 5) is 12.3. The highest BCUT2D eigenvalue weighted by Gasteiger charge is 2.23. The molecule has 0 fully saturated rings. The van der Waals surface area contributed by atoms with E-state index in [1.54, 1.807) is 0 Å². The van der Waals surface area contributed by atoms with Gasteiger partial charge in [0, 0.05) is 12.2 Å². The molecule has 0 saturated carbocycles. The number of amides is 1. The van der Waals surface area contributed by atoms with Gasteiger partial charge in [-0.05, 0) is 35.7 Å². The second kappa shape index (κ2) is 5.84. The number of hydrogen-bond acceptors (Lipinski definition) is 2. The van der Waals surface area contributed by atoms with Crippen LogP contribution in [0, 0.1) is 5.82 Å². The highest BCUT2D eigenvalue weighted by Crippen LogP contribution is 2.21. The van der Waals surface area contributed by atoms with Crippen LogP contribution in [0.25, 0.3) is 0 Å². The first kappa shape index (κ1) is 14.0. The Morgan fingerprint density at radius 3 is 2.76 bits per heavy atom. The van der Waals surface area contributed by atoms with Crippen LogP contribution in [-0.2, 0) is 17.8 Å². The maximum atomic E-state index is 13.1. The molecule has 21 heavy (non-hydrogen) atoms. The molecule has 1 aliphatic heterocycles. The van der Waals surface area contributed by atoms with E-state index >= 15 is 0 Å². The van der Waals surface area contributed by atoms with Crippen molar-refractivity contribution in [1.82, 2.24) is 5.32 Å². The number of benzene rings is 2. The van der Waals surface area contributed by atoms with Gasteiger partial charge < -0.3 is 10.6 Å². The summed E-state index contributed by atoms with van der Waals surface area (Å²) in [5.74, 6) is -0.647. The third-order valence-electron chi connectivity index (χ3n) is 3.58. The zero-order valence-electron chi connectivity index (χ0n) is 11.2. The second-order valence-corrected chi connectivity index (χ2v) is 5.43. The van der Waals surface area contributed by atoms with E-state index in [1.165, 1.54) is 29.3 Å². The minimum Gasteiger partial charge on any atom is -0.325 e. The van der Waals surface area contributed by atoms with Crippen molar-refractivity contribution in [2.24, 2.45) is 0 Å². The first-order valence-corrected chi connectivity index (χ1v) is 7.07. The molecule has 0 spiro atoms. The predicted molar refractivity (Wildman–Crippen MR) is 80.8 cm³/mol. The molecular formula is C16H14ClFN2O. The Balaban J connectivity index is 1.70. The van der Waals surface area contributed by atoms with Crippen molar-refractivity contribution in [3.8, 4) is 0 Å². The van der Waals surface area contributed by atoms with Gasteiger partial charge in [0.2, 0.25) is 5.91 Å². The van der Waals surface area contributed by atoms with Gasteiger partial charge in [-0.15, -0.1) is 0 Å². The molecule has 0 aliphatic carbocycles. The van der Waals surface area contributed by atoms with Crippen LogP contribution in [0.2, 0.25) is 5.02 Å². The van der Waals surface area contributed by atoms with Gasteiger partial charge in [0.05, 0.1) is 11.1 Å². The van der Waals surface area contributed by atoms with Crippen LogP contribution in [0.1, 0.15) is 11.1 Å². The number of rotatable bonds is 2. The number of nitrogens with one attached hydrogen (secondary N) is 2. The summed E-state index contributed by atoms with van der Waals surface area (Å²) >= 11 is 5.71. The van der Waals surface area contributed by atoms with Crippen LogP contribution in [0.4, 0.5) is 10.1 Å². The van der Waals surface area contributed by atoms with E-state index < -0.39 is 5.82 Å². The van der Waals surface area contributed by atoms with Crippen LogP contribution in [0.5, 0.6) is 0 Å². The zero-order valence-corrected chi connectivity index (χ0v) is 12.0. The van der Waals surface area contributed by atoms with Crippen LogP contribution in [-0.4, -0.2) is 11.9 Å². The van der Waals surface area contributed by atoms with Crippen LogP contribution >= 0.6 is 11.6 Å². The molecule has 1 atom stereocenters. The number of hydrogen-bond donors (Lipinski definition) is 2. The van der Waals surface area contributed by atoms with Gasteiger partial charge in [-0.1, -0.05) is 35.9 Å². The Hall–Kier alpha value is -1.91. The van der Waals surface area contributed by atoms with E-state index in [-0.39, 0.29) is 17.0 Å². The Bertz CT molecular complexity index is 690. The fourth-order valence-corrected chi connectivity index (χ4v) is 2.62. The van der Waals surface area contributed by atoms with Gasteiger partial charge in [0.15, 0.2) is 0 Å². The molecule has 2 aromatic rings. The van der Waals surface area contributed by atoms with Gasteiger partial charge in [0.1, 0.15) is 5.82 Å². The van der Waals surface area contributed by atoms with E-state index in [2.05, 4.69) is 16.7 Å². The molecule has 2 aromatic carbocycles. The third-order valence-corrected chi connectivity index (χ3v) is 3.87. The standard InChI is InChI=1S/C16H14ClFN2O/c17-13-8-12(5-6-14(13)18)20-16(21)15-7-10-3-1-2-4-11(10)9-19-15/h1-6,8,15,19H,7,9H2,(H,20,21)/t15-/m1/s1. The summed E-state index contributed by atoms with van der Waals surface area (Å²) in [6.07, 6.45) is 0.636. The molecule has 1 aliphatic rings. The minimum absolute atomic E-state index is 0.00486. The third kappa shape index (κ3) is 3.06. The smallest absolute Gasteiger partial charge is 0.241 e. The predicted octanol–water partition coefficient (Wildman–Crippen LogP) is 3.13. The number of carbonyl (C=O) groups excluding carboxylic acids is 1. The zero-order chi connectivity index (χ0) is 14.8. The van der Waals surface area contributed by atoms with Gasteiger partial charge in [-0.2, -0.15) is 0 Å². The molecule has 108 valence electrons. The molecule has 5 heteroatoms. The maximum Gasteiger partial charge on any atom is 0.241 e. The van der Waals surface area contributed by atoms with Crippen LogP contribution < -0.4 is 10.6 Å². The summed E-state index contributed by atoms with van der Waals surface area (Å²) in [5.41, 5.74) is 2.88. The van der Waals surface area contributed by atoms with Gasteiger partial charge in [-0.3, -0.25) is 4.79 Å². The lowest BCUT2D eigenvalue weighted by atomic mass is 9.95. The van der Waals surface area contributed by atoms with Crippen molar-refractivity contribution in [3.05, 3.63) is 64.4 Å². The molecular weight excluding hydrogens is 291 g/mol. The van der Waals surface area contributed by atoms with E-state index in [1.807, 2.05) is 18.2 Å². The summed E-state index contributed by atoms with van der Waals surface area (Å²) < 4.78 is 13.1. The molecule has 0 aromatic heterocycles. The lowest BCUT2D eigenvalue weighted by molar-refractivity contribution is -0.118. The number of anilines is 1. The maximum absolute atomic E-state index is 13.1. The van der Waals surface area contributed by atoms with E-state index in [0.29, 0.717) is 18.7 Å². The monoisotopic (exact) mass is 304 g/mol. The second-order valence-electron chi connectivity index (χ2n) is 5.02. The Morgan fingerprint density at radius 2 is 2.00 bits per heavy atom. The highest BCUT2D eigenvalue weighted by molar-refractivity contribution is 6.31. The van der Waals surface area contributed by atoms with Gasteiger partial charge in [0.25, 0.3) is 0 Å². The van der Waals surface area contributed by atoms with Crippen molar-refractivity contribution >= 4 is 23.2 Å². The summed E-state index contributed by atoms with van der Waals surface area (Å²) in [5, 5.41) is 5.96. The number of halogens is 2. The molecule has 1 amide bonds. The average molecular weight is 305 g/mol. The molecule has 0 bridgehead atoms. The largest absolute Gasteiger partial charge is 0.325 e. The molecule has 3 rings (SSSR count). The Labute approximate surface area is 127 Å². The first-order chi connectivity index (χ1) is 10.1. The SMILES string of the molecule is O=C(Nc1ccc(F)c(Cl)c1)[C@H]1Cc2ccccc2CN1. The molecule has 2 N–H and O–H groups in total. The fourth-order valence-electron chi connectivity index (χ4n) is 2.44. The average Bonchev–Trinajstić information content (AvgIpc) is 2.50. The highest BCUT2D eigenvalue weighted by atomic mass is 35.5. The van der Waals surface area contributed by atoms with Crippen molar-refractivity contribution in [1.29, 1.82) is 0 Å². The van der Waals surface area contributed by atoms with Gasteiger partial charge in [-0.25, -0.2) is 4.39 Å². The summed E-state index contributed by atoms with van der Waals surface area (Å²) in [6.45, 7) is 0.665. The first-order valence-electron chi connectivity index (χ1n) is 6.69. The molecule has 0 saturated heterocycles. The normalized spacial score (nSPS) is 17.1. The van der Waals surface area contributed by atoms with Crippen LogP contribution in [0.15, 0.2) is 42.5 Å². The van der Waals surface area contributed by atoms with E-state index in [9.17, 15) is 9.18 Å². The van der Waals surface area contributed by atoms with Crippen molar-refractivity contribution in [3.63, 3.8) is 0 Å². The lowest BCUT2D eigenvalue weighted by Gasteiger charge is -2.25. The number of fused-ring (bicyclic) bond motifs is 1. The topological polar surface area (TPSA) is 41.1 Å². The van der Waals surface area contributed by atoms with Crippen LogP contribution in [0.3, 0.4) is 0 Å². The van der Waals surface area contributed by atoms with Crippen molar-refractivity contribution in [2.75, 3.05) is 5.32 Å². The Kier molecular flexibility index (Phi) is 3.90. The Morgan fingerprint density at radius 1 is 1.24 bits per heavy atom. The molecule has 0 radical (unpaired) electrons. The van der Waals surface area contributed by atoms with Crippen molar-refractivity contribution < 1.29 is 9.18 Å². The summed E-state index contributed by atoms with van der Waals surface area (Å²) in [7, 11) is 0. The number of carbonyl (C=O) groups is 1. The molecule has 3 nitrogen and oxygen atoms in total. The summed E-state index contributed by atoms with van der Waals surface area (Å²) in [6, 6.07) is 11.9.